The maximum Gasteiger partial charge on any atom is 0.303 e. The largest absolute Gasteiger partial charge is 0.481 e. The van der Waals surface area contributed by atoms with Gasteiger partial charge in [-0.2, -0.15) is 0 Å². The predicted molar refractivity (Wildman–Crippen MR) is 113 cm³/mol. The molecule has 1 amide bonds. The summed E-state index contributed by atoms with van der Waals surface area (Å²) in [7, 11) is 2.57. The van der Waals surface area contributed by atoms with Gasteiger partial charge >= 0.3 is 5.97 Å². The van der Waals surface area contributed by atoms with Crippen LogP contribution >= 0.6 is 8.73 Å². The lowest BCUT2D eigenvalue weighted by Crippen LogP contribution is -2.12. The topological polar surface area (TPSA) is 90.5 Å². The molecule has 0 aliphatic carbocycles. The molecule has 148 valence electrons. The molecule has 0 aliphatic heterocycles. The van der Waals surface area contributed by atoms with E-state index in [2.05, 4.69) is 21.8 Å². The van der Waals surface area contributed by atoms with Crippen LogP contribution in [0, 0.1) is 0 Å². The molecule has 1 atom stereocenters. The summed E-state index contributed by atoms with van der Waals surface area (Å²) < 4.78 is 0. The highest BCUT2D eigenvalue weighted by molar-refractivity contribution is 7.34. The van der Waals surface area contributed by atoms with Gasteiger partial charge in [0, 0.05) is 44.0 Å². The summed E-state index contributed by atoms with van der Waals surface area (Å²) >= 11 is 0. The summed E-state index contributed by atoms with van der Waals surface area (Å²) in [5.74, 6) is -1.03. The standard InChI is InChI=1S/C20H30N3O3P/c1-3-4-6-17(21-2)13-14-22-27-15-16-9-11-18(12-10-16)23-19(24)7-5-8-20(25)26/h3-4,6,9-12,21-22,27H,5,7-8,13-15H2,1-2H3,(H,23,24)(H,25,26)/b4-3-,17-6-. The van der Waals surface area contributed by atoms with Crippen molar-refractivity contribution < 1.29 is 14.7 Å². The Morgan fingerprint density at radius 2 is 1.89 bits per heavy atom. The third-order valence-electron chi connectivity index (χ3n) is 3.78. The van der Waals surface area contributed by atoms with E-state index in [0.29, 0.717) is 15.2 Å². The second-order valence-electron chi connectivity index (χ2n) is 5.99. The quantitative estimate of drug-likeness (QED) is 0.234. The molecule has 1 aromatic rings. The first-order valence-corrected chi connectivity index (χ1v) is 10.3. The Kier molecular flexibility index (Phi) is 11.8. The summed E-state index contributed by atoms with van der Waals surface area (Å²) in [6.45, 7) is 2.92. The number of benzene rings is 1. The van der Waals surface area contributed by atoms with Crippen molar-refractivity contribution in [2.24, 2.45) is 0 Å². The Morgan fingerprint density at radius 1 is 1.15 bits per heavy atom. The zero-order chi connectivity index (χ0) is 19.9. The lowest BCUT2D eigenvalue weighted by atomic mass is 10.2. The van der Waals surface area contributed by atoms with Crippen LogP contribution in [0.5, 0.6) is 0 Å². The minimum atomic E-state index is -0.877. The zero-order valence-electron chi connectivity index (χ0n) is 16.0. The average Bonchev–Trinajstić information content (AvgIpc) is 2.65. The van der Waals surface area contributed by atoms with Gasteiger partial charge in [-0.1, -0.05) is 24.3 Å². The molecule has 0 heterocycles. The summed E-state index contributed by atoms with van der Waals surface area (Å²) in [4.78, 5) is 22.2. The van der Waals surface area contributed by atoms with Gasteiger partial charge in [-0.15, -0.1) is 0 Å². The van der Waals surface area contributed by atoms with Crippen LogP contribution in [0.3, 0.4) is 0 Å². The molecular weight excluding hydrogens is 361 g/mol. The predicted octanol–water partition coefficient (Wildman–Crippen LogP) is 3.63. The summed E-state index contributed by atoms with van der Waals surface area (Å²) in [6.07, 6.45) is 8.61. The van der Waals surface area contributed by atoms with Crippen LogP contribution in [0.15, 0.2) is 48.2 Å². The van der Waals surface area contributed by atoms with Gasteiger partial charge in [-0.05, 0) is 52.3 Å². The molecule has 0 fully saturated rings. The molecule has 0 bridgehead atoms. The average molecular weight is 391 g/mol. The zero-order valence-corrected chi connectivity index (χ0v) is 17.0. The number of aliphatic carboxylic acids is 1. The molecule has 1 aromatic carbocycles. The second-order valence-corrected chi connectivity index (χ2v) is 7.05. The van der Waals surface area contributed by atoms with Gasteiger partial charge in [-0.3, -0.25) is 14.7 Å². The normalized spacial score (nSPS) is 12.0. The highest BCUT2D eigenvalue weighted by atomic mass is 31.1. The van der Waals surface area contributed by atoms with E-state index in [4.69, 9.17) is 5.11 Å². The molecule has 0 radical (unpaired) electrons. The number of carbonyl (C=O) groups excluding carboxylic acids is 1. The number of nitrogens with one attached hydrogen (secondary N) is 3. The van der Waals surface area contributed by atoms with Gasteiger partial charge < -0.3 is 15.7 Å². The molecule has 0 saturated carbocycles. The maximum absolute atomic E-state index is 11.7. The van der Waals surface area contributed by atoms with Crippen LogP contribution in [0.4, 0.5) is 5.69 Å². The summed E-state index contributed by atoms with van der Waals surface area (Å²) in [5.41, 5.74) is 3.15. The van der Waals surface area contributed by atoms with Crippen molar-refractivity contribution in [3.63, 3.8) is 0 Å². The minimum absolute atomic E-state index is 0.0151. The Labute approximate surface area is 163 Å². The van der Waals surface area contributed by atoms with Crippen LogP contribution in [0.25, 0.3) is 0 Å². The van der Waals surface area contributed by atoms with Gasteiger partial charge in [-0.25, -0.2) is 0 Å². The fourth-order valence-corrected chi connectivity index (χ4v) is 3.15. The van der Waals surface area contributed by atoms with E-state index in [1.54, 1.807) is 0 Å². The molecular formula is C20H30N3O3P. The SMILES string of the molecule is C/C=C\C=C(\CCNPCc1ccc(NC(=O)CCCC(=O)O)cc1)NC. The number of anilines is 1. The Bertz CT molecular complexity index is 642. The first-order valence-electron chi connectivity index (χ1n) is 9.11. The number of amides is 1. The molecule has 0 aliphatic rings. The highest BCUT2D eigenvalue weighted by Crippen LogP contribution is 2.17. The van der Waals surface area contributed by atoms with Crippen LogP contribution in [0.2, 0.25) is 0 Å². The number of hydrogen-bond acceptors (Lipinski definition) is 4. The van der Waals surface area contributed by atoms with E-state index >= 15 is 0 Å². The van der Waals surface area contributed by atoms with E-state index in [-0.39, 0.29) is 18.7 Å². The molecule has 27 heavy (non-hydrogen) atoms. The van der Waals surface area contributed by atoms with Gasteiger partial charge in [0.2, 0.25) is 5.91 Å². The third-order valence-corrected chi connectivity index (χ3v) is 4.87. The Balaban J connectivity index is 2.26. The molecule has 7 heteroatoms. The van der Waals surface area contributed by atoms with Gasteiger partial charge in [0.25, 0.3) is 0 Å². The Morgan fingerprint density at radius 3 is 2.52 bits per heavy atom. The number of carboxylic acid groups (broad SMARTS) is 1. The van der Waals surface area contributed by atoms with Gasteiger partial charge in [0.05, 0.1) is 0 Å². The van der Waals surface area contributed by atoms with E-state index < -0.39 is 5.97 Å². The van der Waals surface area contributed by atoms with Crippen molar-refractivity contribution in [2.75, 3.05) is 18.9 Å². The van der Waals surface area contributed by atoms with E-state index in [1.165, 1.54) is 11.3 Å². The fourth-order valence-electron chi connectivity index (χ4n) is 2.28. The fraction of sp³-hybridized carbons (Fsp3) is 0.400. The van der Waals surface area contributed by atoms with E-state index in [9.17, 15) is 9.59 Å². The van der Waals surface area contributed by atoms with Crippen molar-refractivity contribution in [1.29, 1.82) is 0 Å². The van der Waals surface area contributed by atoms with Crippen molar-refractivity contribution in [3.8, 4) is 0 Å². The lowest BCUT2D eigenvalue weighted by Gasteiger charge is -2.09. The van der Waals surface area contributed by atoms with Crippen LogP contribution in [-0.4, -0.2) is 30.6 Å². The number of carboxylic acids is 1. The van der Waals surface area contributed by atoms with Crippen molar-refractivity contribution in [2.45, 2.75) is 38.8 Å². The number of rotatable bonds is 13. The maximum atomic E-state index is 11.7. The van der Waals surface area contributed by atoms with Crippen LogP contribution in [-0.2, 0) is 15.8 Å². The first-order chi connectivity index (χ1) is 13.0. The van der Waals surface area contributed by atoms with Gasteiger partial charge in [0.1, 0.15) is 0 Å². The number of hydrogen-bond donors (Lipinski definition) is 4. The second kappa shape index (κ2) is 14.0. The van der Waals surface area contributed by atoms with Gasteiger partial charge in [0.15, 0.2) is 0 Å². The smallest absolute Gasteiger partial charge is 0.303 e. The third kappa shape index (κ3) is 11.2. The van der Waals surface area contributed by atoms with Crippen LogP contribution < -0.4 is 15.7 Å². The molecule has 1 unspecified atom stereocenters. The monoisotopic (exact) mass is 391 g/mol. The van der Waals surface area contributed by atoms with Crippen molar-refractivity contribution >= 4 is 26.3 Å². The molecule has 4 N–H and O–H groups in total. The Hall–Kier alpha value is -2.17. The molecule has 0 aromatic heterocycles. The van der Waals surface area contributed by atoms with Crippen molar-refractivity contribution in [3.05, 3.63) is 53.8 Å². The number of carbonyl (C=O) groups is 2. The number of allylic oxidation sites excluding steroid dienone is 3. The lowest BCUT2D eigenvalue weighted by molar-refractivity contribution is -0.137. The van der Waals surface area contributed by atoms with Crippen LogP contribution in [0.1, 0.15) is 38.2 Å². The minimum Gasteiger partial charge on any atom is -0.481 e. The molecule has 0 saturated heterocycles. The van der Waals surface area contributed by atoms with Crippen molar-refractivity contribution in [1.82, 2.24) is 10.4 Å². The van der Waals surface area contributed by atoms with E-state index in [0.717, 1.165) is 24.8 Å². The summed E-state index contributed by atoms with van der Waals surface area (Å²) in [6, 6.07) is 7.78. The highest BCUT2D eigenvalue weighted by Gasteiger charge is 2.04. The molecule has 0 spiro atoms. The molecule has 6 nitrogen and oxygen atoms in total. The molecule has 1 rings (SSSR count). The summed E-state index contributed by atoms with van der Waals surface area (Å²) in [5, 5.41) is 18.0. The van der Waals surface area contributed by atoms with E-state index in [1.807, 2.05) is 50.4 Å². The first kappa shape index (κ1) is 22.9.